The quantitative estimate of drug-likeness (QED) is 0.171. The van der Waals surface area contributed by atoms with Crippen LogP contribution in [0.5, 0.6) is 0 Å². The maximum atomic E-state index is 10.1. The number of nitrogens with zero attached hydrogens (tertiary/aromatic N) is 8. The third-order valence-electron chi connectivity index (χ3n) is 11.1. The highest BCUT2D eigenvalue weighted by Crippen LogP contribution is 2.41. The van der Waals surface area contributed by atoms with E-state index in [2.05, 4.69) is 94.1 Å². The summed E-state index contributed by atoms with van der Waals surface area (Å²) in [6.45, 7) is 0. The fourth-order valence-corrected chi connectivity index (χ4v) is 8.42. The number of nitriles is 5. The van der Waals surface area contributed by atoms with Gasteiger partial charge in [0.25, 0.3) is 0 Å². The Morgan fingerprint density at radius 2 is 0.867 bits per heavy atom. The molecule has 3 aromatic heterocycles. The largest absolute Gasteiger partial charge is 0.307 e. The summed E-state index contributed by atoms with van der Waals surface area (Å²) in [4.78, 5) is 5.22. The second-order valence-electron chi connectivity index (χ2n) is 14.4. The number of hydrogen-bond donors (Lipinski definition) is 0. The van der Waals surface area contributed by atoms with Crippen molar-refractivity contribution in [3.05, 3.63) is 186 Å². The van der Waals surface area contributed by atoms with Crippen molar-refractivity contribution in [2.24, 2.45) is 0 Å². The Balaban J connectivity index is 1.26. The fraction of sp³-hybridized carbons (Fsp3) is 0. The van der Waals surface area contributed by atoms with Gasteiger partial charge in [0.1, 0.15) is 5.82 Å². The first-order chi connectivity index (χ1) is 29.5. The van der Waals surface area contributed by atoms with Crippen molar-refractivity contribution in [3.8, 4) is 75.2 Å². The van der Waals surface area contributed by atoms with Crippen molar-refractivity contribution in [2.45, 2.75) is 0 Å². The van der Waals surface area contributed by atoms with Crippen LogP contribution in [0.2, 0.25) is 0 Å². The Morgan fingerprint density at radius 3 is 1.43 bits per heavy atom. The SMILES string of the molecule is N#Cc1cccc(-c2cc(-n3c4ccccc4c4ccc(-c5ccc(C#N)cc5C#N)cc43)ncc2-n2c3ccccc3c3ccc(-c4ccc(C#N)cc4C#N)cc32)c1. The van der Waals surface area contributed by atoms with Gasteiger partial charge in [-0.2, -0.15) is 26.3 Å². The van der Waals surface area contributed by atoms with E-state index in [1.54, 1.807) is 30.3 Å². The van der Waals surface area contributed by atoms with E-state index in [0.29, 0.717) is 33.6 Å². The standard InChI is InChI=1S/C52H26N8/c53-26-32-6-5-7-35(20-32)46-25-52(60-48-11-4-2-9-43(48)45-19-15-37(24-50(45)60)41-17-13-34(28-55)22-39(41)30-57)58-31-51(46)59-47-10-3-1-8-42(47)44-18-14-36(23-49(44)59)40-16-12-33(27-54)21-38(40)29-56/h1-25,31H. The number of pyridine rings is 1. The van der Waals surface area contributed by atoms with Gasteiger partial charge < -0.3 is 4.57 Å². The van der Waals surface area contributed by atoms with Gasteiger partial charge in [0.05, 0.1) is 92.1 Å². The Morgan fingerprint density at radius 1 is 0.367 bits per heavy atom. The lowest BCUT2D eigenvalue weighted by Crippen LogP contribution is -2.03. The molecule has 0 aliphatic carbocycles. The van der Waals surface area contributed by atoms with E-state index in [0.717, 1.165) is 82.7 Å². The first-order valence-corrected chi connectivity index (χ1v) is 19.0. The van der Waals surface area contributed by atoms with Gasteiger partial charge in [0.2, 0.25) is 0 Å². The molecule has 0 unspecified atom stereocenters. The van der Waals surface area contributed by atoms with Crippen LogP contribution in [0, 0.1) is 56.7 Å². The fourth-order valence-electron chi connectivity index (χ4n) is 8.42. The third kappa shape index (κ3) is 5.53. The van der Waals surface area contributed by atoms with Crippen molar-refractivity contribution in [2.75, 3.05) is 0 Å². The highest BCUT2D eigenvalue weighted by Gasteiger charge is 2.21. The second kappa shape index (κ2) is 14.0. The predicted molar refractivity (Wildman–Crippen MR) is 233 cm³/mol. The molecule has 0 radical (unpaired) electrons. The zero-order valence-corrected chi connectivity index (χ0v) is 31.6. The van der Waals surface area contributed by atoms with E-state index in [4.69, 9.17) is 4.98 Å². The van der Waals surface area contributed by atoms with Crippen molar-refractivity contribution in [1.29, 1.82) is 26.3 Å². The zero-order chi connectivity index (χ0) is 40.9. The molecule has 10 aromatic rings. The minimum Gasteiger partial charge on any atom is -0.307 e. The minimum atomic E-state index is 0.411. The van der Waals surface area contributed by atoms with Crippen LogP contribution in [0.3, 0.4) is 0 Å². The molecule has 0 amide bonds. The van der Waals surface area contributed by atoms with Crippen molar-refractivity contribution in [3.63, 3.8) is 0 Å². The van der Waals surface area contributed by atoms with Gasteiger partial charge in [0.15, 0.2) is 0 Å². The van der Waals surface area contributed by atoms with Gasteiger partial charge in [0, 0.05) is 27.1 Å². The lowest BCUT2D eigenvalue weighted by molar-refractivity contribution is 1.06. The van der Waals surface area contributed by atoms with Gasteiger partial charge in [-0.3, -0.25) is 4.57 Å². The summed E-state index contributed by atoms with van der Waals surface area (Å²) in [6, 6.07) is 59.7. The predicted octanol–water partition coefficient (Wildman–Crippen LogP) is 11.6. The summed E-state index contributed by atoms with van der Waals surface area (Å²) in [5, 5.41) is 53.3. The third-order valence-corrected chi connectivity index (χ3v) is 11.1. The second-order valence-corrected chi connectivity index (χ2v) is 14.4. The average Bonchev–Trinajstić information content (AvgIpc) is 3.82. The summed E-state index contributed by atoms with van der Waals surface area (Å²) < 4.78 is 4.32. The summed E-state index contributed by atoms with van der Waals surface area (Å²) in [5.74, 6) is 0.650. The van der Waals surface area contributed by atoms with E-state index in [9.17, 15) is 26.3 Å². The molecule has 10 rings (SSSR count). The Bertz CT molecular complexity index is 3680. The monoisotopic (exact) mass is 762 g/mol. The molecular weight excluding hydrogens is 737 g/mol. The average molecular weight is 763 g/mol. The topological polar surface area (TPSA) is 142 Å². The molecule has 8 heteroatoms. The normalized spacial score (nSPS) is 10.9. The van der Waals surface area contributed by atoms with Crippen LogP contribution >= 0.6 is 0 Å². The molecule has 0 saturated carbocycles. The van der Waals surface area contributed by atoms with Crippen molar-refractivity contribution < 1.29 is 0 Å². The van der Waals surface area contributed by atoms with Crippen LogP contribution in [0.15, 0.2) is 158 Å². The molecule has 0 saturated heterocycles. The summed E-state index contributed by atoms with van der Waals surface area (Å²) in [5.41, 5.74) is 11.4. The van der Waals surface area contributed by atoms with Crippen molar-refractivity contribution >= 4 is 43.6 Å². The maximum Gasteiger partial charge on any atom is 0.138 e. The number of fused-ring (bicyclic) bond motifs is 6. The molecule has 0 aliphatic heterocycles. The van der Waals surface area contributed by atoms with E-state index in [-0.39, 0.29) is 0 Å². The molecule has 60 heavy (non-hydrogen) atoms. The molecule has 0 N–H and O–H groups in total. The van der Waals surface area contributed by atoms with Crippen LogP contribution in [0.1, 0.15) is 27.8 Å². The van der Waals surface area contributed by atoms with Gasteiger partial charge in [-0.1, -0.05) is 84.9 Å². The highest BCUT2D eigenvalue weighted by atomic mass is 15.1. The summed E-state index contributed by atoms with van der Waals surface area (Å²) in [7, 11) is 0. The minimum absolute atomic E-state index is 0.411. The lowest BCUT2D eigenvalue weighted by atomic mass is 9.97. The lowest BCUT2D eigenvalue weighted by Gasteiger charge is -2.17. The molecular formula is C52H26N8. The van der Waals surface area contributed by atoms with Gasteiger partial charge in [-0.25, -0.2) is 4.98 Å². The Hall–Kier alpha value is -9.26. The summed E-state index contributed by atoms with van der Waals surface area (Å²) >= 11 is 0. The first kappa shape index (κ1) is 35.2. The van der Waals surface area contributed by atoms with E-state index < -0.39 is 0 Å². The van der Waals surface area contributed by atoms with Gasteiger partial charge in [-0.15, -0.1) is 0 Å². The Labute approximate surface area is 343 Å². The number of rotatable bonds is 5. The molecule has 0 bridgehead atoms. The van der Waals surface area contributed by atoms with Gasteiger partial charge >= 0.3 is 0 Å². The number of benzene rings is 7. The zero-order valence-electron chi connectivity index (χ0n) is 31.6. The smallest absolute Gasteiger partial charge is 0.138 e. The number of hydrogen-bond acceptors (Lipinski definition) is 6. The number of para-hydroxylation sites is 2. The van der Waals surface area contributed by atoms with Crippen molar-refractivity contribution in [1.82, 2.24) is 14.1 Å². The first-order valence-electron chi connectivity index (χ1n) is 19.0. The van der Waals surface area contributed by atoms with Crippen LogP contribution in [0.25, 0.3) is 88.5 Å². The van der Waals surface area contributed by atoms with Crippen LogP contribution in [-0.4, -0.2) is 14.1 Å². The molecule has 274 valence electrons. The summed E-state index contributed by atoms with van der Waals surface area (Å²) in [6.07, 6.45) is 1.88. The highest BCUT2D eigenvalue weighted by molar-refractivity contribution is 6.12. The Kier molecular flexibility index (Phi) is 8.23. The molecule has 0 fully saturated rings. The van der Waals surface area contributed by atoms with E-state index in [1.165, 1.54) is 0 Å². The molecule has 0 aliphatic rings. The maximum absolute atomic E-state index is 10.1. The molecule has 3 heterocycles. The van der Waals surface area contributed by atoms with Crippen LogP contribution in [0.4, 0.5) is 0 Å². The van der Waals surface area contributed by atoms with E-state index >= 15 is 0 Å². The van der Waals surface area contributed by atoms with Gasteiger partial charge in [-0.05, 0) is 94.5 Å². The molecule has 0 spiro atoms. The molecule has 0 atom stereocenters. The van der Waals surface area contributed by atoms with Crippen LogP contribution < -0.4 is 0 Å². The molecule has 7 aromatic carbocycles. The van der Waals surface area contributed by atoms with E-state index in [1.807, 2.05) is 72.9 Å². The molecule has 8 nitrogen and oxygen atoms in total. The van der Waals surface area contributed by atoms with Crippen LogP contribution in [-0.2, 0) is 0 Å². The number of aromatic nitrogens is 3.